The second kappa shape index (κ2) is 6.53. The summed E-state index contributed by atoms with van der Waals surface area (Å²) in [4.78, 5) is 16.7. The molecular formula is C18H18ClN3O2. The fourth-order valence-electron chi connectivity index (χ4n) is 2.42. The van der Waals surface area contributed by atoms with Gasteiger partial charge in [0.1, 0.15) is 11.6 Å². The lowest BCUT2D eigenvalue weighted by atomic mass is 10.2. The van der Waals surface area contributed by atoms with Gasteiger partial charge in [-0.1, -0.05) is 17.7 Å². The van der Waals surface area contributed by atoms with Crippen molar-refractivity contribution < 1.29 is 9.21 Å². The van der Waals surface area contributed by atoms with Crippen LogP contribution < -0.4 is 10.6 Å². The Morgan fingerprint density at radius 2 is 2.00 bits per heavy atom. The number of fused-ring (bicyclic) bond motifs is 1. The summed E-state index contributed by atoms with van der Waals surface area (Å²) in [6, 6.07) is 10.5. The molecule has 1 amide bonds. The number of hydrogen-bond donors (Lipinski definition) is 2. The van der Waals surface area contributed by atoms with Crippen LogP contribution in [0, 0.1) is 13.8 Å². The maximum Gasteiger partial charge on any atom is 0.246 e. The maximum atomic E-state index is 12.4. The Morgan fingerprint density at radius 3 is 2.79 bits per heavy atom. The SMILES string of the molecule is Cc1nc2cc(N[C@@H](C)C(=O)Nc3cc(Cl)ccc3C)ccc2o1. The van der Waals surface area contributed by atoms with Gasteiger partial charge in [0.2, 0.25) is 5.91 Å². The molecule has 1 heterocycles. The first-order valence-corrected chi connectivity index (χ1v) is 8.01. The zero-order valence-corrected chi connectivity index (χ0v) is 14.4. The van der Waals surface area contributed by atoms with Crippen molar-refractivity contribution in [3.05, 3.63) is 52.9 Å². The highest BCUT2D eigenvalue weighted by molar-refractivity contribution is 6.31. The van der Waals surface area contributed by atoms with Crippen molar-refractivity contribution >= 4 is 40.0 Å². The smallest absolute Gasteiger partial charge is 0.246 e. The van der Waals surface area contributed by atoms with Crippen LogP contribution in [0.5, 0.6) is 0 Å². The summed E-state index contributed by atoms with van der Waals surface area (Å²) in [6.07, 6.45) is 0. The maximum absolute atomic E-state index is 12.4. The van der Waals surface area contributed by atoms with E-state index in [0.29, 0.717) is 16.6 Å². The Morgan fingerprint density at radius 1 is 1.21 bits per heavy atom. The van der Waals surface area contributed by atoms with Gasteiger partial charge in [0, 0.05) is 23.3 Å². The van der Waals surface area contributed by atoms with Gasteiger partial charge in [-0.25, -0.2) is 4.98 Å². The highest BCUT2D eigenvalue weighted by Crippen LogP contribution is 2.22. The van der Waals surface area contributed by atoms with E-state index in [2.05, 4.69) is 15.6 Å². The lowest BCUT2D eigenvalue weighted by molar-refractivity contribution is -0.116. The van der Waals surface area contributed by atoms with E-state index in [0.717, 1.165) is 22.4 Å². The minimum absolute atomic E-state index is 0.142. The molecule has 0 spiro atoms. The number of carbonyl (C=O) groups is 1. The fraction of sp³-hybridized carbons (Fsp3) is 0.222. The molecule has 1 aromatic heterocycles. The molecular weight excluding hydrogens is 326 g/mol. The Kier molecular flexibility index (Phi) is 4.44. The van der Waals surface area contributed by atoms with Crippen molar-refractivity contribution in [2.45, 2.75) is 26.8 Å². The minimum atomic E-state index is -0.422. The number of halogens is 1. The lowest BCUT2D eigenvalue weighted by Crippen LogP contribution is -2.32. The Labute approximate surface area is 145 Å². The number of oxazole rings is 1. The number of rotatable bonds is 4. The summed E-state index contributed by atoms with van der Waals surface area (Å²) in [6.45, 7) is 5.52. The Hall–Kier alpha value is -2.53. The number of amides is 1. The van der Waals surface area contributed by atoms with E-state index in [9.17, 15) is 4.79 Å². The highest BCUT2D eigenvalue weighted by Gasteiger charge is 2.14. The van der Waals surface area contributed by atoms with Gasteiger partial charge in [0.05, 0.1) is 0 Å². The predicted octanol–water partition coefficient (Wildman–Crippen LogP) is 4.54. The van der Waals surface area contributed by atoms with Crippen molar-refractivity contribution in [2.75, 3.05) is 10.6 Å². The second-order valence-electron chi connectivity index (χ2n) is 5.73. The molecule has 0 aliphatic rings. The molecule has 0 saturated heterocycles. The van der Waals surface area contributed by atoms with Crippen LogP contribution in [0.15, 0.2) is 40.8 Å². The minimum Gasteiger partial charge on any atom is -0.441 e. The zero-order chi connectivity index (χ0) is 17.3. The number of nitrogens with one attached hydrogen (secondary N) is 2. The van der Waals surface area contributed by atoms with Crippen LogP contribution in [-0.4, -0.2) is 16.9 Å². The van der Waals surface area contributed by atoms with E-state index >= 15 is 0 Å². The fourth-order valence-corrected chi connectivity index (χ4v) is 2.59. The summed E-state index contributed by atoms with van der Waals surface area (Å²) in [5.41, 5.74) is 3.96. The molecule has 2 aromatic carbocycles. The van der Waals surface area contributed by atoms with E-state index in [1.165, 1.54) is 0 Å². The number of anilines is 2. The van der Waals surface area contributed by atoms with Crippen molar-refractivity contribution in [1.29, 1.82) is 0 Å². The molecule has 0 aliphatic heterocycles. The van der Waals surface area contributed by atoms with Crippen LogP contribution in [0.2, 0.25) is 5.02 Å². The number of benzene rings is 2. The summed E-state index contributed by atoms with van der Waals surface area (Å²) in [7, 11) is 0. The Bertz CT molecular complexity index is 904. The molecule has 6 heteroatoms. The second-order valence-corrected chi connectivity index (χ2v) is 6.17. The highest BCUT2D eigenvalue weighted by atomic mass is 35.5. The van der Waals surface area contributed by atoms with Crippen LogP contribution in [0.1, 0.15) is 18.4 Å². The van der Waals surface area contributed by atoms with Gasteiger partial charge in [-0.3, -0.25) is 4.79 Å². The molecule has 3 aromatic rings. The average Bonchev–Trinajstić information content (AvgIpc) is 2.90. The molecule has 0 radical (unpaired) electrons. The van der Waals surface area contributed by atoms with Crippen LogP contribution in [-0.2, 0) is 4.79 Å². The molecule has 0 aliphatic carbocycles. The quantitative estimate of drug-likeness (QED) is 0.730. The molecule has 24 heavy (non-hydrogen) atoms. The van der Waals surface area contributed by atoms with Crippen molar-refractivity contribution in [2.24, 2.45) is 0 Å². The number of aromatic nitrogens is 1. The number of carbonyl (C=O) groups excluding carboxylic acids is 1. The molecule has 0 saturated carbocycles. The first kappa shape index (κ1) is 16.3. The normalized spacial score (nSPS) is 12.2. The number of aryl methyl sites for hydroxylation is 2. The Balaban J connectivity index is 1.71. The van der Waals surface area contributed by atoms with Gasteiger partial charge in [-0.05, 0) is 49.7 Å². The van der Waals surface area contributed by atoms with Crippen molar-refractivity contribution in [3.8, 4) is 0 Å². The number of nitrogens with zero attached hydrogens (tertiary/aromatic N) is 1. The van der Waals surface area contributed by atoms with Gasteiger partial charge in [0.15, 0.2) is 11.5 Å². The largest absolute Gasteiger partial charge is 0.441 e. The van der Waals surface area contributed by atoms with E-state index in [-0.39, 0.29) is 5.91 Å². The molecule has 0 bridgehead atoms. The lowest BCUT2D eigenvalue weighted by Gasteiger charge is -2.16. The van der Waals surface area contributed by atoms with Gasteiger partial charge in [-0.2, -0.15) is 0 Å². The standard InChI is InChI=1S/C18H18ClN3O2/c1-10-4-5-13(19)8-15(10)22-18(23)11(2)20-14-6-7-17-16(9-14)21-12(3)24-17/h4-9,11,20H,1-3H3,(H,22,23)/t11-/m0/s1. The monoisotopic (exact) mass is 343 g/mol. The molecule has 124 valence electrons. The summed E-state index contributed by atoms with van der Waals surface area (Å²) < 4.78 is 5.45. The van der Waals surface area contributed by atoms with Gasteiger partial charge < -0.3 is 15.1 Å². The molecule has 3 rings (SSSR count). The predicted molar refractivity (Wildman–Crippen MR) is 96.6 cm³/mol. The van der Waals surface area contributed by atoms with Crippen molar-refractivity contribution in [3.63, 3.8) is 0 Å². The first-order chi connectivity index (χ1) is 11.4. The number of hydrogen-bond acceptors (Lipinski definition) is 4. The summed E-state index contributed by atoms with van der Waals surface area (Å²) in [5, 5.41) is 6.65. The zero-order valence-electron chi connectivity index (χ0n) is 13.7. The van der Waals surface area contributed by atoms with Gasteiger partial charge in [0.25, 0.3) is 0 Å². The van der Waals surface area contributed by atoms with Crippen LogP contribution >= 0.6 is 11.6 Å². The van der Waals surface area contributed by atoms with E-state index in [1.54, 1.807) is 26.0 Å². The summed E-state index contributed by atoms with van der Waals surface area (Å²) in [5.74, 6) is 0.473. The third kappa shape index (κ3) is 3.51. The third-order valence-electron chi connectivity index (χ3n) is 3.73. The average molecular weight is 344 g/mol. The van der Waals surface area contributed by atoms with E-state index < -0.39 is 6.04 Å². The van der Waals surface area contributed by atoms with E-state index in [4.69, 9.17) is 16.0 Å². The third-order valence-corrected chi connectivity index (χ3v) is 3.96. The molecule has 5 nitrogen and oxygen atoms in total. The molecule has 0 unspecified atom stereocenters. The van der Waals surface area contributed by atoms with Crippen LogP contribution in [0.25, 0.3) is 11.1 Å². The molecule has 1 atom stereocenters. The topological polar surface area (TPSA) is 67.2 Å². The van der Waals surface area contributed by atoms with Gasteiger partial charge >= 0.3 is 0 Å². The van der Waals surface area contributed by atoms with Gasteiger partial charge in [-0.15, -0.1) is 0 Å². The summed E-state index contributed by atoms with van der Waals surface area (Å²) >= 11 is 5.98. The van der Waals surface area contributed by atoms with E-state index in [1.807, 2.05) is 31.2 Å². The van der Waals surface area contributed by atoms with Crippen molar-refractivity contribution in [1.82, 2.24) is 4.98 Å². The van der Waals surface area contributed by atoms with Crippen LogP contribution in [0.4, 0.5) is 11.4 Å². The van der Waals surface area contributed by atoms with Crippen LogP contribution in [0.3, 0.4) is 0 Å². The molecule has 0 fully saturated rings. The first-order valence-electron chi connectivity index (χ1n) is 7.63. The molecule has 2 N–H and O–H groups in total.